The van der Waals surface area contributed by atoms with Gasteiger partial charge in [0.15, 0.2) is 0 Å². The van der Waals surface area contributed by atoms with E-state index in [0.29, 0.717) is 11.3 Å². The number of nitrogens with zero attached hydrogens (tertiary/aromatic N) is 1. The van der Waals surface area contributed by atoms with Crippen LogP contribution in [0.2, 0.25) is 0 Å². The second-order valence-corrected chi connectivity index (χ2v) is 4.92. The maximum atomic E-state index is 12.1. The molecule has 20 heavy (non-hydrogen) atoms. The first-order valence-electron chi connectivity index (χ1n) is 6.09. The summed E-state index contributed by atoms with van der Waals surface area (Å²) in [5.41, 5.74) is 2.06. The Morgan fingerprint density at radius 1 is 1.45 bits per heavy atom. The van der Waals surface area contributed by atoms with E-state index in [2.05, 4.69) is 9.69 Å². The summed E-state index contributed by atoms with van der Waals surface area (Å²) in [5, 5.41) is 3.67. The minimum Gasteiger partial charge on any atom is -0.497 e. The highest BCUT2D eigenvalue weighted by Crippen LogP contribution is 2.25. The lowest BCUT2D eigenvalue weighted by atomic mass is 10.2. The molecule has 0 fully saturated rings. The topological polar surface area (TPSA) is 60.5 Å². The van der Waals surface area contributed by atoms with E-state index in [1.807, 2.05) is 24.3 Å². The minimum atomic E-state index is -0.372. The number of rotatable bonds is 5. The monoisotopic (exact) mass is 292 g/mol. The zero-order chi connectivity index (χ0) is 14.5. The van der Waals surface area contributed by atoms with Crippen LogP contribution in [0, 0.1) is 6.92 Å². The molecule has 1 aromatic carbocycles. The Labute approximate surface area is 121 Å². The molecule has 0 aliphatic carbocycles. The van der Waals surface area contributed by atoms with Crippen LogP contribution < -0.4 is 10.1 Å². The predicted octanol–water partition coefficient (Wildman–Crippen LogP) is 2.86. The molecular formula is C14H16N2O3S. The molecule has 106 valence electrons. The molecule has 1 N–H and O–H groups in total. The van der Waals surface area contributed by atoms with Crippen molar-refractivity contribution < 1.29 is 14.3 Å². The number of nitrogens with one attached hydrogen (secondary N) is 1. The molecule has 0 spiro atoms. The van der Waals surface area contributed by atoms with Gasteiger partial charge in [-0.1, -0.05) is 12.1 Å². The maximum Gasteiger partial charge on any atom is 0.343 e. The number of anilines is 1. The molecule has 0 atom stereocenters. The lowest BCUT2D eigenvalue weighted by Gasteiger charge is -2.07. The second kappa shape index (κ2) is 6.38. The predicted molar refractivity (Wildman–Crippen MR) is 78.5 cm³/mol. The highest BCUT2D eigenvalue weighted by Gasteiger charge is 2.19. The van der Waals surface area contributed by atoms with Crippen molar-refractivity contribution in [3.8, 4) is 5.75 Å². The summed E-state index contributed by atoms with van der Waals surface area (Å²) in [5.74, 6) is 0.367. The van der Waals surface area contributed by atoms with E-state index in [1.54, 1.807) is 21.1 Å². The molecule has 0 unspecified atom stereocenters. The number of carbonyl (C=O) groups is 1. The van der Waals surface area contributed by atoms with Crippen LogP contribution in [-0.4, -0.2) is 24.5 Å². The molecule has 0 saturated heterocycles. The lowest BCUT2D eigenvalue weighted by molar-refractivity contribution is 0.0473. The zero-order valence-corrected chi connectivity index (χ0v) is 12.4. The fraction of sp³-hybridized carbons (Fsp3) is 0.286. The van der Waals surface area contributed by atoms with Crippen molar-refractivity contribution in [2.75, 3.05) is 19.5 Å². The molecule has 0 saturated carbocycles. The molecular weight excluding hydrogens is 276 g/mol. The van der Waals surface area contributed by atoms with Crippen molar-refractivity contribution >= 4 is 22.5 Å². The van der Waals surface area contributed by atoms with Crippen LogP contribution in [0.1, 0.15) is 21.6 Å². The standard InChI is InChI=1S/C14H16N2O3S/c1-9-12(13(15-2)20-16-9)14(17)19-8-10-5-4-6-11(7-10)18-3/h4-7,15H,8H2,1-3H3. The van der Waals surface area contributed by atoms with Crippen molar-refractivity contribution in [3.63, 3.8) is 0 Å². The van der Waals surface area contributed by atoms with Crippen LogP contribution in [0.15, 0.2) is 24.3 Å². The van der Waals surface area contributed by atoms with Gasteiger partial charge < -0.3 is 14.8 Å². The number of benzene rings is 1. The normalized spacial score (nSPS) is 10.2. The molecule has 0 aliphatic rings. The minimum absolute atomic E-state index is 0.203. The van der Waals surface area contributed by atoms with Gasteiger partial charge in [0.05, 0.1) is 12.8 Å². The van der Waals surface area contributed by atoms with Gasteiger partial charge in [-0.3, -0.25) is 0 Å². The molecule has 0 radical (unpaired) electrons. The third kappa shape index (κ3) is 3.08. The van der Waals surface area contributed by atoms with Crippen LogP contribution in [0.25, 0.3) is 0 Å². The average Bonchev–Trinajstić information content (AvgIpc) is 2.86. The van der Waals surface area contributed by atoms with Crippen molar-refractivity contribution in [1.29, 1.82) is 0 Å². The van der Waals surface area contributed by atoms with E-state index in [9.17, 15) is 4.79 Å². The fourth-order valence-electron chi connectivity index (χ4n) is 1.76. The molecule has 6 heteroatoms. The summed E-state index contributed by atoms with van der Waals surface area (Å²) in [6, 6.07) is 7.42. The van der Waals surface area contributed by atoms with Crippen molar-refractivity contribution in [2.24, 2.45) is 0 Å². The molecule has 5 nitrogen and oxygen atoms in total. The number of carbonyl (C=O) groups excluding carboxylic acids is 1. The van der Waals surface area contributed by atoms with Gasteiger partial charge in [-0.2, -0.15) is 4.37 Å². The Balaban J connectivity index is 2.06. The number of hydrogen-bond donors (Lipinski definition) is 1. The van der Waals surface area contributed by atoms with Crippen LogP contribution in [0.3, 0.4) is 0 Å². The highest BCUT2D eigenvalue weighted by molar-refractivity contribution is 7.10. The van der Waals surface area contributed by atoms with Crippen molar-refractivity contribution in [3.05, 3.63) is 41.1 Å². The largest absolute Gasteiger partial charge is 0.497 e. The molecule has 0 bridgehead atoms. The summed E-state index contributed by atoms with van der Waals surface area (Å²) in [6.45, 7) is 1.99. The average molecular weight is 292 g/mol. The second-order valence-electron chi connectivity index (χ2n) is 4.15. The molecule has 1 aromatic heterocycles. The number of hydrogen-bond acceptors (Lipinski definition) is 6. The quantitative estimate of drug-likeness (QED) is 0.859. The third-order valence-electron chi connectivity index (χ3n) is 2.80. The number of ether oxygens (including phenoxy) is 2. The lowest BCUT2D eigenvalue weighted by Crippen LogP contribution is -2.08. The summed E-state index contributed by atoms with van der Waals surface area (Å²) in [7, 11) is 3.36. The van der Waals surface area contributed by atoms with Gasteiger partial charge in [0.2, 0.25) is 0 Å². The number of esters is 1. The van der Waals surface area contributed by atoms with E-state index in [4.69, 9.17) is 9.47 Å². The van der Waals surface area contributed by atoms with Crippen molar-refractivity contribution in [1.82, 2.24) is 4.37 Å². The van der Waals surface area contributed by atoms with E-state index >= 15 is 0 Å². The Morgan fingerprint density at radius 3 is 2.95 bits per heavy atom. The van der Waals surface area contributed by atoms with Gasteiger partial charge >= 0.3 is 5.97 Å². The number of aromatic nitrogens is 1. The maximum absolute atomic E-state index is 12.1. The molecule has 2 aromatic rings. The molecule has 0 amide bonds. The van der Waals surface area contributed by atoms with Gasteiger partial charge in [0.25, 0.3) is 0 Å². The fourth-order valence-corrected chi connectivity index (χ4v) is 2.50. The van der Waals surface area contributed by atoms with Gasteiger partial charge in [0, 0.05) is 7.05 Å². The first-order chi connectivity index (χ1) is 9.65. The Morgan fingerprint density at radius 2 is 2.25 bits per heavy atom. The van der Waals surface area contributed by atoms with Gasteiger partial charge in [-0.05, 0) is 36.2 Å². The Bertz CT molecular complexity index is 610. The zero-order valence-electron chi connectivity index (χ0n) is 11.6. The first-order valence-corrected chi connectivity index (χ1v) is 6.87. The molecule has 2 rings (SSSR count). The van der Waals surface area contributed by atoms with Crippen molar-refractivity contribution in [2.45, 2.75) is 13.5 Å². The SMILES string of the molecule is CNc1snc(C)c1C(=O)OCc1cccc(OC)c1. The van der Waals surface area contributed by atoms with Gasteiger partial charge in [-0.25, -0.2) is 4.79 Å². The number of aryl methyl sites for hydroxylation is 1. The highest BCUT2D eigenvalue weighted by atomic mass is 32.1. The first kappa shape index (κ1) is 14.3. The number of methoxy groups -OCH3 is 1. The Hall–Kier alpha value is -2.08. The van der Waals surface area contributed by atoms with E-state index in [1.165, 1.54) is 11.5 Å². The summed E-state index contributed by atoms with van der Waals surface area (Å²) in [6.07, 6.45) is 0. The summed E-state index contributed by atoms with van der Waals surface area (Å²) in [4.78, 5) is 12.1. The molecule has 1 heterocycles. The summed E-state index contributed by atoms with van der Waals surface area (Å²) >= 11 is 1.25. The van der Waals surface area contributed by atoms with Gasteiger partial charge in [0.1, 0.15) is 22.9 Å². The smallest absolute Gasteiger partial charge is 0.343 e. The summed E-state index contributed by atoms with van der Waals surface area (Å²) < 4.78 is 14.6. The van der Waals surface area contributed by atoms with Gasteiger partial charge in [-0.15, -0.1) is 0 Å². The Kier molecular flexibility index (Phi) is 4.57. The van der Waals surface area contributed by atoms with E-state index in [-0.39, 0.29) is 12.6 Å². The van der Waals surface area contributed by atoms with Crippen LogP contribution in [0.5, 0.6) is 5.75 Å². The molecule has 0 aliphatic heterocycles. The van der Waals surface area contributed by atoms with E-state index in [0.717, 1.165) is 16.3 Å². The van der Waals surface area contributed by atoms with Crippen LogP contribution in [0.4, 0.5) is 5.00 Å². The van der Waals surface area contributed by atoms with E-state index < -0.39 is 0 Å². The van der Waals surface area contributed by atoms with Crippen LogP contribution >= 0.6 is 11.5 Å². The van der Waals surface area contributed by atoms with Crippen LogP contribution in [-0.2, 0) is 11.3 Å². The third-order valence-corrected chi connectivity index (χ3v) is 3.75.